The molecule has 1 heterocycles. The van der Waals surface area contributed by atoms with Gasteiger partial charge in [-0.25, -0.2) is 5.84 Å². The Morgan fingerprint density at radius 1 is 1.41 bits per heavy atom. The summed E-state index contributed by atoms with van der Waals surface area (Å²) in [6.45, 7) is 6.55. The molecule has 2 rings (SSSR count). The minimum atomic E-state index is 0.547. The fourth-order valence-corrected chi connectivity index (χ4v) is 3.02. The van der Waals surface area contributed by atoms with E-state index in [0.29, 0.717) is 17.9 Å². The van der Waals surface area contributed by atoms with Gasteiger partial charge in [0, 0.05) is 25.3 Å². The maximum atomic E-state index is 5.65. The van der Waals surface area contributed by atoms with Gasteiger partial charge in [0.2, 0.25) is 0 Å². The molecule has 0 aromatic rings. The maximum Gasteiger partial charge on any atom is 0.107 e. The first-order valence-corrected chi connectivity index (χ1v) is 6.51. The minimum Gasteiger partial charge on any atom is -0.385 e. The zero-order chi connectivity index (χ0) is 12.4. The number of nitrogens with two attached hydrogens (primary N) is 2. The van der Waals surface area contributed by atoms with Crippen LogP contribution in [0, 0.1) is 11.8 Å². The van der Waals surface area contributed by atoms with Crippen molar-refractivity contribution in [1.82, 2.24) is 15.6 Å². The van der Waals surface area contributed by atoms with Crippen LogP contribution in [0.5, 0.6) is 0 Å². The second kappa shape index (κ2) is 5.25. The van der Waals surface area contributed by atoms with Crippen LogP contribution in [0.25, 0.3) is 0 Å². The van der Waals surface area contributed by atoms with E-state index in [9.17, 15) is 0 Å². The third kappa shape index (κ3) is 2.73. The van der Waals surface area contributed by atoms with Gasteiger partial charge in [0.05, 0.1) is 0 Å². The predicted molar refractivity (Wildman–Crippen MR) is 69.4 cm³/mol. The topological polar surface area (TPSA) is 79.3 Å². The molecular formula is C12H25N5. The van der Waals surface area contributed by atoms with E-state index >= 15 is 0 Å². The Labute approximate surface area is 104 Å². The molecule has 0 aromatic carbocycles. The Kier molecular flexibility index (Phi) is 3.91. The predicted octanol–water partition coefficient (Wildman–Crippen LogP) is -0.0843. The van der Waals surface area contributed by atoms with Gasteiger partial charge in [0.15, 0.2) is 0 Å². The van der Waals surface area contributed by atoms with E-state index < -0.39 is 0 Å². The van der Waals surface area contributed by atoms with Gasteiger partial charge in [-0.3, -0.25) is 10.2 Å². The molecule has 5 heteroatoms. The molecule has 98 valence electrons. The number of rotatable bonds is 3. The smallest absolute Gasteiger partial charge is 0.107 e. The van der Waals surface area contributed by atoms with Crippen LogP contribution in [0.15, 0.2) is 11.9 Å². The minimum absolute atomic E-state index is 0.547. The molecule has 0 aromatic heterocycles. The molecule has 17 heavy (non-hydrogen) atoms. The molecule has 0 spiro atoms. The van der Waals surface area contributed by atoms with E-state index in [2.05, 4.69) is 29.5 Å². The number of nitrogens with zero attached hydrogens (tertiary/aromatic N) is 1. The van der Waals surface area contributed by atoms with E-state index in [4.69, 9.17) is 11.6 Å². The van der Waals surface area contributed by atoms with Gasteiger partial charge < -0.3 is 11.2 Å². The first kappa shape index (κ1) is 12.7. The van der Waals surface area contributed by atoms with Crippen LogP contribution >= 0.6 is 0 Å². The van der Waals surface area contributed by atoms with Gasteiger partial charge in [-0.1, -0.05) is 13.8 Å². The molecule has 5 nitrogen and oxygen atoms in total. The average Bonchev–Trinajstić information content (AvgIpc) is 2.69. The standard InChI is InChI=1S/C12H25N5/c1-8-5-10-11(6-9(8)2)17(7-15-10)4-3-12(13)16-14/h3,8-11,15-16H,4-7,13-14H2,1-2H3/b12-3+. The molecular weight excluding hydrogens is 214 g/mol. The van der Waals surface area contributed by atoms with Crippen molar-refractivity contribution in [2.24, 2.45) is 23.4 Å². The number of hydrazine groups is 1. The van der Waals surface area contributed by atoms with Crippen molar-refractivity contribution >= 4 is 0 Å². The summed E-state index contributed by atoms with van der Waals surface area (Å²) in [4.78, 5) is 2.46. The summed E-state index contributed by atoms with van der Waals surface area (Å²) in [5.74, 6) is 7.44. The third-order valence-electron chi connectivity index (χ3n) is 4.41. The van der Waals surface area contributed by atoms with E-state index in [1.54, 1.807) is 0 Å². The highest BCUT2D eigenvalue weighted by molar-refractivity contribution is 5.01. The normalized spacial score (nSPS) is 39.1. The summed E-state index contributed by atoms with van der Waals surface area (Å²) >= 11 is 0. The quantitative estimate of drug-likeness (QED) is 0.409. The highest BCUT2D eigenvalue weighted by Gasteiger charge is 2.39. The molecule has 1 saturated heterocycles. The Morgan fingerprint density at radius 2 is 2.12 bits per heavy atom. The Bertz CT molecular complexity index is 291. The van der Waals surface area contributed by atoms with E-state index in [1.165, 1.54) is 12.8 Å². The summed E-state index contributed by atoms with van der Waals surface area (Å²) in [7, 11) is 0. The molecule has 2 fully saturated rings. The highest BCUT2D eigenvalue weighted by atomic mass is 15.3. The van der Waals surface area contributed by atoms with Crippen molar-refractivity contribution in [3.8, 4) is 0 Å². The summed E-state index contributed by atoms with van der Waals surface area (Å²) in [5.41, 5.74) is 8.11. The van der Waals surface area contributed by atoms with E-state index in [-0.39, 0.29) is 0 Å². The monoisotopic (exact) mass is 239 g/mol. The molecule has 4 unspecified atom stereocenters. The van der Waals surface area contributed by atoms with Crippen LogP contribution in [0.3, 0.4) is 0 Å². The Hall–Kier alpha value is -0.780. The van der Waals surface area contributed by atoms with Gasteiger partial charge in [-0.15, -0.1) is 0 Å². The zero-order valence-electron chi connectivity index (χ0n) is 10.8. The number of nitrogens with one attached hydrogen (secondary N) is 2. The first-order chi connectivity index (χ1) is 8.11. The van der Waals surface area contributed by atoms with Gasteiger partial charge in [0.1, 0.15) is 5.82 Å². The lowest BCUT2D eigenvalue weighted by Crippen LogP contribution is -2.44. The first-order valence-electron chi connectivity index (χ1n) is 6.51. The molecule has 6 N–H and O–H groups in total. The van der Waals surface area contributed by atoms with Crippen molar-refractivity contribution in [2.45, 2.75) is 38.8 Å². The fraction of sp³-hybridized carbons (Fsp3) is 0.833. The van der Waals surface area contributed by atoms with Crippen molar-refractivity contribution in [1.29, 1.82) is 0 Å². The number of hydrogen-bond acceptors (Lipinski definition) is 5. The molecule has 4 atom stereocenters. The van der Waals surface area contributed by atoms with Gasteiger partial charge in [0.25, 0.3) is 0 Å². The molecule has 1 saturated carbocycles. The summed E-state index contributed by atoms with van der Waals surface area (Å²) < 4.78 is 0. The third-order valence-corrected chi connectivity index (χ3v) is 4.41. The molecule has 0 radical (unpaired) electrons. The second-order valence-electron chi connectivity index (χ2n) is 5.54. The van der Waals surface area contributed by atoms with Crippen LogP contribution in [0.4, 0.5) is 0 Å². The summed E-state index contributed by atoms with van der Waals surface area (Å²) in [5, 5.41) is 3.61. The molecule has 0 amide bonds. The Balaban J connectivity index is 1.94. The number of fused-ring (bicyclic) bond motifs is 1. The van der Waals surface area contributed by atoms with Crippen molar-refractivity contribution < 1.29 is 0 Å². The number of hydrogen-bond donors (Lipinski definition) is 4. The van der Waals surface area contributed by atoms with Crippen LogP contribution in [0.2, 0.25) is 0 Å². The summed E-state index contributed by atoms with van der Waals surface area (Å²) in [6, 6.07) is 1.31. The summed E-state index contributed by atoms with van der Waals surface area (Å²) in [6.07, 6.45) is 4.52. The SMILES string of the molecule is CC1CC2NCN(C/C=C(\N)NN)C2CC1C. The fourth-order valence-electron chi connectivity index (χ4n) is 3.02. The van der Waals surface area contributed by atoms with E-state index in [1.807, 2.05) is 6.08 Å². The Morgan fingerprint density at radius 3 is 2.82 bits per heavy atom. The average molecular weight is 239 g/mol. The van der Waals surface area contributed by atoms with E-state index in [0.717, 1.165) is 25.0 Å². The van der Waals surface area contributed by atoms with Crippen LogP contribution in [-0.2, 0) is 0 Å². The molecule has 0 bridgehead atoms. The lowest BCUT2D eigenvalue weighted by atomic mass is 9.76. The van der Waals surface area contributed by atoms with Gasteiger partial charge in [-0.2, -0.15) is 0 Å². The van der Waals surface area contributed by atoms with Crippen LogP contribution in [-0.4, -0.2) is 30.2 Å². The van der Waals surface area contributed by atoms with Crippen molar-refractivity contribution in [2.75, 3.05) is 13.2 Å². The highest BCUT2D eigenvalue weighted by Crippen LogP contribution is 2.34. The van der Waals surface area contributed by atoms with Gasteiger partial charge >= 0.3 is 0 Å². The molecule has 2 aliphatic rings. The van der Waals surface area contributed by atoms with Crippen LogP contribution in [0.1, 0.15) is 26.7 Å². The zero-order valence-corrected chi connectivity index (χ0v) is 10.8. The largest absolute Gasteiger partial charge is 0.385 e. The van der Waals surface area contributed by atoms with Crippen molar-refractivity contribution in [3.05, 3.63) is 11.9 Å². The lowest BCUT2D eigenvalue weighted by molar-refractivity contribution is 0.153. The molecule has 1 aliphatic heterocycles. The van der Waals surface area contributed by atoms with Crippen molar-refractivity contribution in [3.63, 3.8) is 0 Å². The lowest BCUT2D eigenvalue weighted by Gasteiger charge is -2.37. The molecule has 1 aliphatic carbocycles. The van der Waals surface area contributed by atoms with Gasteiger partial charge in [-0.05, 0) is 30.8 Å². The maximum absolute atomic E-state index is 5.65. The van der Waals surface area contributed by atoms with Crippen LogP contribution < -0.4 is 22.3 Å². The second-order valence-corrected chi connectivity index (χ2v) is 5.54.